The summed E-state index contributed by atoms with van der Waals surface area (Å²) in [5, 5.41) is 24.3. The normalized spacial score (nSPS) is 29.1. The first kappa shape index (κ1) is 24.0. The van der Waals surface area contributed by atoms with Crippen molar-refractivity contribution in [1.29, 1.82) is 0 Å². The number of aliphatic hydroxyl groups excluding tert-OH is 1. The summed E-state index contributed by atoms with van der Waals surface area (Å²) in [6.07, 6.45) is 5.04. The number of aliphatic hydroxyl groups is 1. The minimum absolute atomic E-state index is 0.0565. The van der Waals surface area contributed by atoms with Crippen LogP contribution in [-0.4, -0.2) is 70.3 Å². The number of carbonyl (C=O) groups excluding carboxylic acids is 1. The van der Waals surface area contributed by atoms with Crippen LogP contribution in [0.5, 0.6) is 5.75 Å². The Morgan fingerprint density at radius 1 is 1.27 bits per heavy atom. The van der Waals surface area contributed by atoms with Crippen molar-refractivity contribution in [1.82, 2.24) is 10.2 Å². The fraction of sp³-hybridized carbons (Fsp3) is 0.692. The van der Waals surface area contributed by atoms with Gasteiger partial charge < -0.3 is 20.3 Å². The quantitative estimate of drug-likeness (QED) is 0.632. The van der Waals surface area contributed by atoms with E-state index in [9.17, 15) is 15.0 Å². The summed E-state index contributed by atoms with van der Waals surface area (Å²) in [4.78, 5) is 20.0. The summed E-state index contributed by atoms with van der Waals surface area (Å²) in [6.45, 7) is 9.38. The van der Waals surface area contributed by atoms with Crippen molar-refractivity contribution in [3.8, 4) is 5.75 Å². The molecular weight excluding hydrogens is 418 g/mol. The molecule has 2 aliphatic heterocycles. The average molecular weight is 458 g/mol. The molecule has 1 saturated heterocycles. The number of hydrogen-bond donors (Lipinski definition) is 3. The highest BCUT2D eigenvalue weighted by Gasteiger charge is 2.42. The summed E-state index contributed by atoms with van der Waals surface area (Å²) >= 11 is 0. The molecule has 2 unspecified atom stereocenters. The number of hydrogen-bond acceptors (Lipinski definition) is 6. The second-order valence-corrected chi connectivity index (χ2v) is 11.1. The highest BCUT2D eigenvalue weighted by Crippen LogP contribution is 2.39. The van der Waals surface area contributed by atoms with E-state index in [1.54, 1.807) is 12.1 Å². The molecule has 5 atom stereocenters. The molecule has 0 radical (unpaired) electrons. The number of β-amino-alcohol motifs (C(OH)–C–C–N with tert-alkyl or cyclic N) is 1. The zero-order valence-corrected chi connectivity index (χ0v) is 20.4. The van der Waals surface area contributed by atoms with Gasteiger partial charge in [0.05, 0.1) is 12.1 Å². The molecule has 4 rings (SSSR count). The third-order valence-corrected chi connectivity index (χ3v) is 7.38. The maximum atomic E-state index is 13.2. The van der Waals surface area contributed by atoms with Crippen LogP contribution in [0.25, 0.3) is 0 Å². The van der Waals surface area contributed by atoms with E-state index < -0.39 is 12.1 Å². The standard InChI is InChI=1S/C26H39N3O4/c1-16-19(10-7-11-22(16)30)25-27-20(15-33-25)23(31)14-29-13-18-9-6-5-8-17(18)12-21(29)24(32)28-26(2,3)4/h7,10-11,17-18,20-21,23,30-31H,5-6,8-9,12-15H2,1-4H3,(H,28,32)/t17?,18-,20+,21?,23-/m1/s1. The number of rotatable bonds is 5. The monoisotopic (exact) mass is 457 g/mol. The van der Waals surface area contributed by atoms with Crippen molar-refractivity contribution < 1.29 is 19.7 Å². The minimum atomic E-state index is -0.731. The van der Waals surface area contributed by atoms with E-state index in [1.165, 1.54) is 25.7 Å². The van der Waals surface area contributed by atoms with Crippen LogP contribution in [0.2, 0.25) is 0 Å². The van der Waals surface area contributed by atoms with Gasteiger partial charge in [0.15, 0.2) is 0 Å². The van der Waals surface area contributed by atoms with Gasteiger partial charge in [0, 0.05) is 29.8 Å². The van der Waals surface area contributed by atoms with Crippen molar-refractivity contribution in [2.45, 2.75) is 83.5 Å². The third kappa shape index (κ3) is 5.52. The lowest BCUT2D eigenvalue weighted by Crippen LogP contribution is -2.59. The number of fused-ring (bicyclic) bond motifs is 1. The predicted octanol–water partition coefficient (Wildman–Crippen LogP) is 3.00. The van der Waals surface area contributed by atoms with Crippen molar-refractivity contribution in [3.05, 3.63) is 29.3 Å². The van der Waals surface area contributed by atoms with Gasteiger partial charge in [-0.3, -0.25) is 9.69 Å². The Balaban J connectivity index is 1.48. The summed E-state index contributed by atoms with van der Waals surface area (Å²) in [5.41, 5.74) is 1.17. The van der Waals surface area contributed by atoms with Crippen LogP contribution < -0.4 is 5.32 Å². The molecule has 1 aliphatic carbocycles. The van der Waals surface area contributed by atoms with E-state index >= 15 is 0 Å². The zero-order valence-electron chi connectivity index (χ0n) is 20.4. The lowest BCUT2D eigenvalue weighted by molar-refractivity contribution is -0.132. The molecule has 3 N–H and O–H groups in total. The summed E-state index contributed by atoms with van der Waals surface area (Å²) in [5.74, 6) is 1.90. The largest absolute Gasteiger partial charge is 0.508 e. The van der Waals surface area contributed by atoms with Gasteiger partial charge in [-0.2, -0.15) is 0 Å². The number of phenols is 1. The molecule has 1 aromatic rings. The van der Waals surface area contributed by atoms with Crippen LogP contribution in [0.15, 0.2) is 23.2 Å². The van der Waals surface area contributed by atoms with E-state index in [4.69, 9.17) is 4.74 Å². The van der Waals surface area contributed by atoms with Gasteiger partial charge in [-0.05, 0) is 64.5 Å². The molecule has 2 heterocycles. The topological polar surface area (TPSA) is 94.4 Å². The van der Waals surface area contributed by atoms with Crippen LogP contribution in [-0.2, 0) is 9.53 Å². The molecule has 0 spiro atoms. The number of aromatic hydroxyl groups is 1. The third-order valence-electron chi connectivity index (χ3n) is 7.38. The van der Waals surface area contributed by atoms with Gasteiger partial charge in [0.25, 0.3) is 0 Å². The Hall–Kier alpha value is -2.12. The number of phenolic OH excluding ortho intramolecular Hbond substituents is 1. The van der Waals surface area contributed by atoms with Gasteiger partial charge >= 0.3 is 0 Å². The lowest BCUT2D eigenvalue weighted by Gasteiger charge is -2.46. The summed E-state index contributed by atoms with van der Waals surface area (Å²) in [6, 6.07) is 4.65. The molecule has 3 aliphatic rings. The first-order valence-corrected chi connectivity index (χ1v) is 12.4. The summed E-state index contributed by atoms with van der Waals surface area (Å²) in [7, 11) is 0. The molecule has 0 bridgehead atoms. The molecule has 1 amide bonds. The molecule has 2 fully saturated rings. The molecule has 7 nitrogen and oxygen atoms in total. The SMILES string of the molecule is Cc1c(O)cccc1C1=N[C@H]([C@H](O)CN2C[C@H]3CCCCC3CC2C(=O)NC(C)(C)C)CO1. The molecule has 1 saturated carbocycles. The number of likely N-dealkylation sites (tertiary alicyclic amines) is 1. The van der Waals surface area contributed by atoms with E-state index in [2.05, 4.69) is 15.2 Å². The number of carbonyl (C=O) groups is 1. The smallest absolute Gasteiger partial charge is 0.237 e. The van der Waals surface area contributed by atoms with Crippen LogP contribution in [0.3, 0.4) is 0 Å². The van der Waals surface area contributed by atoms with Crippen LogP contribution in [0, 0.1) is 18.8 Å². The first-order chi connectivity index (χ1) is 15.6. The number of nitrogens with one attached hydrogen (secondary N) is 1. The molecule has 1 aromatic carbocycles. The van der Waals surface area contributed by atoms with Crippen molar-refractivity contribution in [2.75, 3.05) is 19.7 Å². The Morgan fingerprint density at radius 3 is 2.73 bits per heavy atom. The maximum absolute atomic E-state index is 13.2. The van der Waals surface area contributed by atoms with Gasteiger partial charge in [0.2, 0.25) is 11.8 Å². The first-order valence-electron chi connectivity index (χ1n) is 12.4. The Kier molecular flexibility index (Phi) is 7.01. The molecule has 0 aromatic heterocycles. The molecule has 182 valence electrons. The van der Waals surface area contributed by atoms with E-state index in [-0.39, 0.29) is 23.2 Å². The number of benzene rings is 1. The van der Waals surface area contributed by atoms with Crippen LogP contribution in [0.4, 0.5) is 0 Å². The van der Waals surface area contributed by atoms with Crippen molar-refractivity contribution in [2.24, 2.45) is 16.8 Å². The number of piperidine rings is 1. The number of aliphatic imine (C=N–C) groups is 1. The molecule has 7 heteroatoms. The maximum Gasteiger partial charge on any atom is 0.237 e. The van der Waals surface area contributed by atoms with Crippen molar-refractivity contribution in [3.63, 3.8) is 0 Å². The number of nitrogens with zero attached hydrogens (tertiary/aromatic N) is 2. The highest BCUT2D eigenvalue weighted by molar-refractivity contribution is 5.97. The zero-order chi connectivity index (χ0) is 23.8. The van der Waals surface area contributed by atoms with Crippen molar-refractivity contribution >= 4 is 11.8 Å². The predicted molar refractivity (Wildman–Crippen MR) is 128 cm³/mol. The Morgan fingerprint density at radius 2 is 2.00 bits per heavy atom. The number of amides is 1. The highest BCUT2D eigenvalue weighted by atomic mass is 16.5. The van der Waals surface area contributed by atoms with Crippen LogP contribution in [0.1, 0.15) is 64.0 Å². The second kappa shape index (κ2) is 9.63. The minimum Gasteiger partial charge on any atom is -0.508 e. The molecule has 33 heavy (non-hydrogen) atoms. The summed E-state index contributed by atoms with van der Waals surface area (Å²) < 4.78 is 5.80. The van der Waals surface area contributed by atoms with E-state index in [1.807, 2.05) is 33.8 Å². The van der Waals surface area contributed by atoms with E-state index in [0.29, 0.717) is 36.4 Å². The van der Waals surface area contributed by atoms with Crippen LogP contribution >= 0.6 is 0 Å². The van der Waals surface area contributed by atoms with E-state index in [0.717, 1.165) is 18.5 Å². The fourth-order valence-corrected chi connectivity index (χ4v) is 5.58. The Bertz CT molecular complexity index is 894. The van der Waals surface area contributed by atoms with Gasteiger partial charge in [-0.25, -0.2) is 4.99 Å². The van der Waals surface area contributed by atoms with Gasteiger partial charge in [-0.15, -0.1) is 0 Å². The molecular formula is C26H39N3O4. The average Bonchev–Trinajstić information content (AvgIpc) is 3.24. The lowest BCUT2D eigenvalue weighted by atomic mass is 9.72. The van der Waals surface area contributed by atoms with Gasteiger partial charge in [-0.1, -0.05) is 25.3 Å². The Labute approximate surface area is 197 Å². The fourth-order valence-electron chi connectivity index (χ4n) is 5.58. The number of ether oxygens (including phenoxy) is 1. The second-order valence-electron chi connectivity index (χ2n) is 11.1. The van der Waals surface area contributed by atoms with Gasteiger partial charge in [0.1, 0.15) is 18.4 Å².